The standard InChI is InChI=1S/C32H56/c1-2-4-6-8-10-12-14-16-18-20-22-24-26-28-30-32-31-29-27-25-23-21-19-17-15-13-11-9-7-5-3-1/h1-2,13,15-16,18,31-32H,3-12,14,17,19-30H2/b2-1?,15-13-,18-16-,32-31-. The van der Waals surface area contributed by atoms with Crippen molar-refractivity contribution < 1.29 is 0 Å². The molecule has 0 N–H and O–H groups in total. The van der Waals surface area contributed by atoms with Crippen molar-refractivity contribution in [2.75, 3.05) is 0 Å². The molecule has 0 aliphatic heterocycles. The van der Waals surface area contributed by atoms with E-state index in [1.165, 1.54) is 154 Å². The van der Waals surface area contributed by atoms with Crippen molar-refractivity contribution in [3.63, 3.8) is 0 Å². The van der Waals surface area contributed by atoms with Crippen LogP contribution in [0.25, 0.3) is 0 Å². The average Bonchev–Trinajstić information content (AvgIpc) is 2.80. The van der Waals surface area contributed by atoms with E-state index in [2.05, 4.69) is 48.6 Å². The smallest absolute Gasteiger partial charge is 0.0351 e. The van der Waals surface area contributed by atoms with E-state index >= 15 is 0 Å². The van der Waals surface area contributed by atoms with E-state index in [4.69, 9.17) is 0 Å². The molecule has 0 unspecified atom stereocenters. The zero-order chi connectivity index (χ0) is 22.6. The maximum atomic E-state index is 2.44. The molecule has 0 amide bonds. The van der Waals surface area contributed by atoms with Crippen LogP contribution in [0, 0.1) is 0 Å². The van der Waals surface area contributed by atoms with Gasteiger partial charge in [-0.15, -0.1) is 0 Å². The number of rotatable bonds is 0. The van der Waals surface area contributed by atoms with Crippen molar-refractivity contribution in [2.45, 2.75) is 154 Å². The van der Waals surface area contributed by atoms with E-state index in [-0.39, 0.29) is 0 Å². The molecular weight excluding hydrogens is 384 g/mol. The Kier molecular flexibility index (Phi) is 23.8. The molecule has 0 aromatic rings. The summed E-state index contributed by atoms with van der Waals surface area (Å²) in [5, 5.41) is 0. The quantitative estimate of drug-likeness (QED) is 0.328. The maximum absolute atomic E-state index is 2.44. The summed E-state index contributed by atoms with van der Waals surface area (Å²) in [6, 6.07) is 0. The summed E-state index contributed by atoms with van der Waals surface area (Å²) in [5.74, 6) is 0. The summed E-state index contributed by atoms with van der Waals surface area (Å²) in [5.41, 5.74) is 0. The van der Waals surface area contributed by atoms with Crippen LogP contribution in [0.15, 0.2) is 48.6 Å². The molecule has 1 aliphatic rings. The van der Waals surface area contributed by atoms with Crippen LogP contribution in [-0.4, -0.2) is 0 Å². The van der Waals surface area contributed by atoms with Crippen LogP contribution in [-0.2, 0) is 0 Å². The normalized spacial score (nSPS) is 25.0. The molecule has 0 spiro atoms. The van der Waals surface area contributed by atoms with Gasteiger partial charge in [-0.1, -0.05) is 100.0 Å². The van der Waals surface area contributed by atoms with Crippen molar-refractivity contribution in [1.82, 2.24) is 0 Å². The summed E-state index contributed by atoms with van der Waals surface area (Å²) in [7, 11) is 0. The maximum Gasteiger partial charge on any atom is -0.0351 e. The Morgan fingerprint density at radius 1 is 0.156 bits per heavy atom. The lowest BCUT2D eigenvalue weighted by atomic mass is 10.1. The molecule has 0 heterocycles. The second-order valence-corrected chi connectivity index (χ2v) is 9.85. The van der Waals surface area contributed by atoms with Crippen LogP contribution in [0.5, 0.6) is 0 Å². The Morgan fingerprint density at radius 3 is 0.469 bits per heavy atom. The molecule has 32 heavy (non-hydrogen) atoms. The van der Waals surface area contributed by atoms with Gasteiger partial charge in [-0.2, -0.15) is 0 Å². The minimum Gasteiger partial charge on any atom is -0.0885 e. The first-order valence-electron chi connectivity index (χ1n) is 14.6. The van der Waals surface area contributed by atoms with Gasteiger partial charge in [0.25, 0.3) is 0 Å². The van der Waals surface area contributed by atoms with E-state index in [1.54, 1.807) is 0 Å². The Hall–Kier alpha value is -1.04. The van der Waals surface area contributed by atoms with Crippen molar-refractivity contribution in [3.05, 3.63) is 48.6 Å². The van der Waals surface area contributed by atoms with E-state index in [1.807, 2.05) is 0 Å². The largest absolute Gasteiger partial charge is 0.0885 e. The number of hydrogen-bond acceptors (Lipinski definition) is 0. The SMILES string of the molecule is C1=CCCCCCC/C=C\CCCCCC/C=C\CCCCCCC/C=C\CCCCC1. The third-order valence-corrected chi connectivity index (χ3v) is 6.63. The van der Waals surface area contributed by atoms with Gasteiger partial charge >= 0.3 is 0 Å². The molecule has 0 aromatic carbocycles. The summed E-state index contributed by atoms with van der Waals surface area (Å²) in [4.78, 5) is 0. The lowest BCUT2D eigenvalue weighted by molar-refractivity contribution is 0.620. The zero-order valence-corrected chi connectivity index (χ0v) is 21.6. The first-order valence-corrected chi connectivity index (χ1v) is 14.6. The van der Waals surface area contributed by atoms with Crippen molar-refractivity contribution in [2.24, 2.45) is 0 Å². The van der Waals surface area contributed by atoms with Gasteiger partial charge in [0.05, 0.1) is 0 Å². The predicted octanol–water partition coefficient (Wildman–Crippen LogP) is 11.6. The molecule has 1 aliphatic carbocycles. The minimum atomic E-state index is 1.28. The second-order valence-electron chi connectivity index (χ2n) is 9.85. The molecule has 0 saturated heterocycles. The van der Waals surface area contributed by atoms with Crippen LogP contribution in [0.1, 0.15) is 154 Å². The molecule has 0 radical (unpaired) electrons. The zero-order valence-electron chi connectivity index (χ0n) is 21.6. The highest BCUT2D eigenvalue weighted by Crippen LogP contribution is 2.12. The molecule has 1 rings (SSSR count). The summed E-state index contributed by atoms with van der Waals surface area (Å²) in [6.45, 7) is 0. The van der Waals surface area contributed by atoms with Crippen LogP contribution < -0.4 is 0 Å². The monoisotopic (exact) mass is 440 g/mol. The van der Waals surface area contributed by atoms with Crippen LogP contribution >= 0.6 is 0 Å². The predicted molar refractivity (Wildman–Crippen MR) is 147 cm³/mol. The number of hydrogen-bond donors (Lipinski definition) is 0. The molecule has 0 saturated carbocycles. The van der Waals surface area contributed by atoms with Crippen molar-refractivity contribution in [1.29, 1.82) is 0 Å². The number of allylic oxidation sites excluding steroid dienone is 8. The highest BCUT2D eigenvalue weighted by atomic mass is 14.0. The molecule has 0 bridgehead atoms. The first kappa shape index (κ1) is 29.0. The molecule has 0 aromatic heterocycles. The highest BCUT2D eigenvalue weighted by molar-refractivity contribution is 4.84. The Labute approximate surface area is 202 Å². The Bertz CT molecular complexity index is 464. The lowest BCUT2D eigenvalue weighted by Gasteiger charge is -2.00. The fourth-order valence-electron chi connectivity index (χ4n) is 4.45. The van der Waals surface area contributed by atoms with Gasteiger partial charge in [0, 0.05) is 0 Å². The summed E-state index contributed by atoms with van der Waals surface area (Å²) < 4.78 is 0. The van der Waals surface area contributed by atoms with Crippen molar-refractivity contribution in [3.8, 4) is 0 Å². The van der Waals surface area contributed by atoms with Gasteiger partial charge in [0.1, 0.15) is 0 Å². The van der Waals surface area contributed by atoms with Gasteiger partial charge in [-0.25, -0.2) is 0 Å². The molecule has 0 nitrogen and oxygen atoms in total. The first-order chi connectivity index (χ1) is 16.0. The molecule has 0 atom stereocenters. The molecule has 0 heteroatoms. The van der Waals surface area contributed by atoms with Gasteiger partial charge in [0.2, 0.25) is 0 Å². The second kappa shape index (κ2) is 26.2. The van der Waals surface area contributed by atoms with Gasteiger partial charge < -0.3 is 0 Å². The van der Waals surface area contributed by atoms with Crippen LogP contribution in [0.4, 0.5) is 0 Å². The Balaban J connectivity index is 2.13. The van der Waals surface area contributed by atoms with E-state index in [9.17, 15) is 0 Å². The topological polar surface area (TPSA) is 0 Å². The third kappa shape index (κ3) is 23.6. The molecular formula is C32H56. The van der Waals surface area contributed by atoms with Gasteiger partial charge in [-0.05, 0) is 103 Å². The summed E-state index contributed by atoms with van der Waals surface area (Å²) in [6.07, 6.45) is 52.0. The summed E-state index contributed by atoms with van der Waals surface area (Å²) >= 11 is 0. The van der Waals surface area contributed by atoms with Gasteiger partial charge in [-0.3, -0.25) is 0 Å². The van der Waals surface area contributed by atoms with Crippen LogP contribution in [0.3, 0.4) is 0 Å². The van der Waals surface area contributed by atoms with E-state index < -0.39 is 0 Å². The highest BCUT2D eigenvalue weighted by Gasteiger charge is 1.92. The van der Waals surface area contributed by atoms with Gasteiger partial charge in [0.15, 0.2) is 0 Å². The third-order valence-electron chi connectivity index (χ3n) is 6.63. The van der Waals surface area contributed by atoms with Crippen LogP contribution in [0.2, 0.25) is 0 Å². The Morgan fingerprint density at radius 2 is 0.281 bits per heavy atom. The van der Waals surface area contributed by atoms with E-state index in [0.29, 0.717) is 0 Å². The fourth-order valence-corrected chi connectivity index (χ4v) is 4.45. The van der Waals surface area contributed by atoms with Crippen molar-refractivity contribution >= 4 is 0 Å². The lowest BCUT2D eigenvalue weighted by Crippen LogP contribution is -1.80. The minimum absolute atomic E-state index is 1.28. The van der Waals surface area contributed by atoms with E-state index in [0.717, 1.165) is 0 Å². The molecule has 184 valence electrons. The fraction of sp³-hybridized carbons (Fsp3) is 0.750. The average molecular weight is 441 g/mol. The molecule has 0 fully saturated rings.